The molecule has 0 unspecified atom stereocenters. The van der Waals surface area contributed by atoms with Crippen LogP contribution in [0.25, 0.3) is 0 Å². The van der Waals surface area contributed by atoms with Crippen LogP contribution in [0.15, 0.2) is 18.2 Å². The molecule has 0 saturated carbocycles. The Morgan fingerprint density at radius 2 is 2.00 bits per heavy atom. The summed E-state index contributed by atoms with van der Waals surface area (Å²) in [6.45, 7) is 7.39. The molecule has 0 fully saturated rings. The first-order valence-electron chi connectivity index (χ1n) is 4.93. The lowest BCUT2D eigenvalue weighted by molar-refractivity contribution is -0.105. The second-order valence-corrected chi connectivity index (χ2v) is 4.01. The Kier molecular flexibility index (Phi) is 3.17. The summed E-state index contributed by atoms with van der Waals surface area (Å²) in [7, 11) is 0. The van der Waals surface area contributed by atoms with E-state index >= 15 is 0 Å². The second-order valence-electron chi connectivity index (χ2n) is 4.01. The summed E-state index contributed by atoms with van der Waals surface area (Å²) in [5.41, 5.74) is 2.34. The maximum Gasteiger partial charge on any atom is 0.202 e. The summed E-state index contributed by atoms with van der Waals surface area (Å²) >= 11 is 0. The van der Waals surface area contributed by atoms with Gasteiger partial charge < -0.3 is 9.84 Å². The number of hydrogen-bond donors (Lipinski definition) is 1. The van der Waals surface area contributed by atoms with E-state index < -0.39 is 5.79 Å². The van der Waals surface area contributed by atoms with E-state index in [1.807, 2.05) is 19.1 Å². The Morgan fingerprint density at radius 3 is 2.50 bits per heavy atom. The summed E-state index contributed by atoms with van der Waals surface area (Å²) in [6.07, 6.45) is 0.910. The Bertz CT molecular complexity index is 311. The molecule has 0 atom stereocenters. The molecule has 78 valence electrons. The molecule has 0 saturated heterocycles. The number of aliphatic hydroxyl groups is 1. The van der Waals surface area contributed by atoms with Crippen molar-refractivity contribution in [2.75, 3.05) is 0 Å². The van der Waals surface area contributed by atoms with Crippen molar-refractivity contribution in [2.45, 2.75) is 39.9 Å². The number of rotatable bonds is 3. The fraction of sp³-hybridized carbons (Fsp3) is 0.500. The summed E-state index contributed by atoms with van der Waals surface area (Å²) in [4.78, 5) is 0. The van der Waals surface area contributed by atoms with E-state index in [9.17, 15) is 5.11 Å². The van der Waals surface area contributed by atoms with Crippen LogP contribution in [0.5, 0.6) is 5.75 Å². The second kappa shape index (κ2) is 4.01. The highest BCUT2D eigenvalue weighted by Crippen LogP contribution is 2.23. The minimum absolute atomic E-state index is 0.769. The quantitative estimate of drug-likeness (QED) is 0.749. The van der Waals surface area contributed by atoms with Gasteiger partial charge in [0, 0.05) is 13.8 Å². The lowest BCUT2D eigenvalue weighted by Gasteiger charge is -2.21. The van der Waals surface area contributed by atoms with Crippen LogP contribution < -0.4 is 4.74 Å². The zero-order chi connectivity index (χ0) is 10.8. The molecule has 2 heteroatoms. The van der Waals surface area contributed by atoms with Gasteiger partial charge in [0.25, 0.3) is 0 Å². The molecule has 1 aromatic rings. The molecule has 0 radical (unpaired) electrons. The number of ether oxygens (including phenoxy) is 1. The predicted molar refractivity (Wildman–Crippen MR) is 57.5 cm³/mol. The smallest absolute Gasteiger partial charge is 0.202 e. The van der Waals surface area contributed by atoms with Gasteiger partial charge in [-0.05, 0) is 25.0 Å². The highest BCUT2D eigenvalue weighted by atomic mass is 16.6. The summed E-state index contributed by atoms with van der Waals surface area (Å²) in [5.74, 6) is -0.343. The van der Waals surface area contributed by atoms with E-state index in [4.69, 9.17) is 4.74 Å². The van der Waals surface area contributed by atoms with Crippen LogP contribution in [0, 0.1) is 6.92 Å². The van der Waals surface area contributed by atoms with Crippen LogP contribution in [0.4, 0.5) is 0 Å². The van der Waals surface area contributed by atoms with Gasteiger partial charge in [0.1, 0.15) is 5.75 Å². The zero-order valence-corrected chi connectivity index (χ0v) is 9.29. The largest absolute Gasteiger partial charge is 0.463 e. The third kappa shape index (κ3) is 3.04. The van der Waals surface area contributed by atoms with Crippen molar-refractivity contribution in [3.63, 3.8) is 0 Å². The average Bonchev–Trinajstić information content (AvgIpc) is 2.06. The zero-order valence-electron chi connectivity index (χ0n) is 9.29. The molecule has 0 bridgehead atoms. The van der Waals surface area contributed by atoms with Gasteiger partial charge in [0.05, 0.1) is 0 Å². The molecule has 0 heterocycles. The van der Waals surface area contributed by atoms with E-state index in [0.29, 0.717) is 0 Å². The van der Waals surface area contributed by atoms with Crippen molar-refractivity contribution < 1.29 is 9.84 Å². The molecular weight excluding hydrogens is 176 g/mol. The molecule has 1 N–H and O–H groups in total. The van der Waals surface area contributed by atoms with Crippen LogP contribution in [0.3, 0.4) is 0 Å². The first-order valence-corrected chi connectivity index (χ1v) is 4.93. The van der Waals surface area contributed by atoms with Crippen molar-refractivity contribution in [1.82, 2.24) is 0 Å². The predicted octanol–water partition coefficient (Wildman–Crippen LogP) is 2.66. The highest BCUT2D eigenvalue weighted by Gasteiger charge is 2.15. The molecule has 0 aliphatic carbocycles. The molecule has 0 amide bonds. The van der Waals surface area contributed by atoms with Crippen LogP contribution in [-0.4, -0.2) is 10.9 Å². The van der Waals surface area contributed by atoms with E-state index in [-0.39, 0.29) is 0 Å². The van der Waals surface area contributed by atoms with E-state index in [0.717, 1.165) is 17.7 Å². The van der Waals surface area contributed by atoms with Gasteiger partial charge in [-0.25, -0.2) is 0 Å². The van der Waals surface area contributed by atoms with Crippen molar-refractivity contribution >= 4 is 0 Å². The summed E-state index contributed by atoms with van der Waals surface area (Å²) in [6, 6.07) is 5.98. The van der Waals surface area contributed by atoms with Crippen LogP contribution in [0.1, 0.15) is 31.9 Å². The molecule has 0 aliphatic heterocycles. The number of hydrogen-bond acceptors (Lipinski definition) is 2. The molecule has 1 rings (SSSR count). The van der Waals surface area contributed by atoms with Crippen molar-refractivity contribution in [3.8, 4) is 5.75 Å². The van der Waals surface area contributed by atoms with Crippen LogP contribution >= 0.6 is 0 Å². The van der Waals surface area contributed by atoms with Crippen LogP contribution in [0.2, 0.25) is 0 Å². The van der Waals surface area contributed by atoms with Gasteiger partial charge in [-0.1, -0.05) is 24.6 Å². The monoisotopic (exact) mass is 194 g/mol. The standard InChI is InChI=1S/C12H18O2/c1-5-10-8-9(2)6-7-11(10)14-12(3,4)13/h6-8,13H,5H2,1-4H3. The van der Waals surface area contributed by atoms with Crippen molar-refractivity contribution in [1.29, 1.82) is 0 Å². The normalized spacial score (nSPS) is 11.5. The van der Waals surface area contributed by atoms with E-state index in [1.54, 1.807) is 13.8 Å². The summed E-state index contributed by atoms with van der Waals surface area (Å²) < 4.78 is 5.43. The third-order valence-electron chi connectivity index (χ3n) is 1.96. The highest BCUT2D eigenvalue weighted by molar-refractivity contribution is 5.37. The topological polar surface area (TPSA) is 29.5 Å². The fourth-order valence-corrected chi connectivity index (χ4v) is 1.35. The molecule has 2 nitrogen and oxygen atoms in total. The van der Waals surface area contributed by atoms with Gasteiger partial charge in [-0.15, -0.1) is 0 Å². The van der Waals surface area contributed by atoms with E-state index in [1.165, 1.54) is 5.56 Å². The first-order chi connectivity index (χ1) is 6.42. The SMILES string of the molecule is CCc1cc(C)ccc1OC(C)(C)O. The Morgan fingerprint density at radius 1 is 1.36 bits per heavy atom. The average molecular weight is 194 g/mol. The van der Waals surface area contributed by atoms with Gasteiger partial charge >= 0.3 is 0 Å². The Labute approximate surface area is 85.5 Å². The van der Waals surface area contributed by atoms with Gasteiger partial charge in [-0.2, -0.15) is 0 Å². The van der Waals surface area contributed by atoms with Gasteiger partial charge in [-0.3, -0.25) is 0 Å². The van der Waals surface area contributed by atoms with Gasteiger partial charge in [0.15, 0.2) is 0 Å². The van der Waals surface area contributed by atoms with Crippen molar-refractivity contribution in [2.24, 2.45) is 0 Å². The molecule has 0 aliphatic rings. The molecule has 1 aromatic carbocycles. The molecule has 0 spiro atoms. The minimum Gasteiger partial charge on any atom is -0.463 e. The minimum atomic E-state index is -1.11. The van der Waals surface area contributed by atoms with Crippen LogP contribution in [-0.2, 0) is 6.42 Å². The molecular formula is C12H18O2. The Balaban J connectivity index is 2.97. The lowest BCUT2D eigenvalue weighted by atomic mass is 10.1. The summed E-state index contributed by atoms with van der Waals surface area (Å²) in [5, 5.41) is 9.54. The van der Waals surface area contributed by atoms with Crippen molar-refractivity contribution in [3.05, 3.63) is 29.3 Å². The Hall–Kier alpha value is -1.02. The number of aryl methyl sites for hydroxylation is 2. The van der Waals surface area contributed by atoms with Gasteiger partial charge in [0.2, 0.25) is 5.79 Å². The molecule has 14 heavy (non-hydrogen) atoms. The first kappa shape index (κ1) is 11.1. The molecule has 0 aromatic heterocycles. The van der Waals surface area contributed by atoms with E-state index in [2.05, 4.69) is 13.0 Å². The maximum absolute atomic E-state index is 9.54. The lowest BCUT2D eigenvalue weighted by Crippen LogP contribution is -2.27. The number of benzene rings is 1. The fourth-order valence-electron chi connectivity index (χ4n) is 1.35. The maximum atomic E-state index is 9.54. The third-order valence-corrected chi connectivity index (χ3v) is 1.96.